The van der Waals surface area contributed by atoms with Gasteiger partial charge in [-0.2, -0.15) is 0 Å². The molecule has 0 aromatic heterocycles. The number of aliphatic imine (C=N–C) groups is 2. The Balaban J connectivity index is 0. The zero-order valence-corrected chi connectivity index (χ0v) is 10.4. The molecule has 0 aromatic carbocycles. The van der Waals surface area contributed by atoms with E-state index in [0.717, 1.165) is 0 Å². The van der Waals surface area contributed by atoms with Crippen molar-refractivity contribution in [3.8, 4) is 0 Å². The van der Waals surface area contributed by atoms with Crippen molar-refractivity contribution in [2.24, 2.45) is 9.98 Å². The van der Waals surface area contributed by atoms with Gasteiger partial charge >= 0.3 is 0 Å². The van der Waals surface area contributed by atoms with E-state index in [1.807, 2.05) is 24.3 Å². The molecule has 14 heavy (non-hydrogen) atoms. The molecular weight excluding hydrogens is 308 g/mol. The Labute approximate surface area is 105 Å². The molecule has 0 amide bonds. The summed E-state index contributed by atoms with van der Waals surface area (Å²) >= 11 is 0. The topological polar surface area (TPSA) is 24.7 Å². The first-order valence-electron chi connectivity index (χ1n) is 3.54. The molecule has 0 fully saturated rings. The number of hydrogen-bond donors (Lipinski definition) is 0. The molecule has 2 rings (SSSR count). The third-order valence-electron chi connectivity index (χ3n) is 1.03. The molecule has 0 aromatic rings. The first-order valence-corrected chi connectivity index (χ1v) is 3.54. The highest BCUT2D eigenvalue weighted by molar-refractivity contribution is 5.73. The van der Waals surface area contributed by atoms with Crippen LogP contribution in [0.5, 0.6) is 0 Å². The molecule has 0 saturated heterocycles. The molecule has 0 saturated carbocycles. The van der Waals surface area contributed by atoms with E-state index in [1.54, 1.807) is 24.6 Å². The zero-order chi connectivity index (χ0) is 8.49. The number of nitrogens with zero attached hydrogens (tertiary/aromatic N) is 2. The number of rotatable bonds is 0. The number of halogens is 2. The van der Waals surface area contributed by atoms with E-state index in [0.29, 0.717) is 0 Å². The summed E-state index contributed by atoms with van der Waals surface area (Å²) in [4.78, 5) is 7.32. The van der Waals surface area contributed by atoms with Crippen LogP contribution in [0, 0.1) is 0 Å². The van der Waals surface area contributed by atoms with Crippen molar-refractivity contribution in [2.45, 2.75) is 0 Å². The van der Waals surface area contributed by atoms with Gasteiger partial charge in [0.25, 0.3) is 0 Å². The van der Waals surface area contributed by atoms with E-state index < -0.39 is 0 Å². The van der Waals surface area contributed by atoms with Gasteiger partial charge in [-0.25, -0.2) is 0 Å². The standard InChI is InChI=1S/2C5H4N.2BrH/c2*1-2-4-6-5-3-1;;/h2*1-4H;2*1H/q2*+1;;/p-2. The highest BCUT2D eigenvalue weighted by atomic mass is 79.9. The van der Waals surface area contributed by atoms with Crippen molar-refractivity contribution in [3.63, 3.8) is 0 Å². The fraction of sp³-hybridized carbons (Fsp3) is 0. The van der Waals surface area contributed by atoms with Gasteiger partial charge in [-0.15, -0.1) is 0 Å². The number of hydrogen-bond acceptors (Lipinski definition) is 2. The SMILES string of the molecule is [Br-].[Br-].[C+]1=NC=CC=C1.[C+]1=NC=CC=C1. The summed E-state index contributed by atoms with van der Waals surface area (Å²) in [5.74, 6) is 0. The minimum absolute atomic E-state index is 0. The molecule has 0 N–H and O–H groups in total. The van der Waals surface area contributed by atoms with Crippen LogP contribution in [-0.2, 0) is 0 Å². The Kier molecular flexibility index (Phi) is 13.4. The van der Waals surface area contributed by atoms with Crippen LogP contribution in [0.25, 0.3) is 0 Å². The maximum atomic E-state index is 3.66. The largest absolute Gasteiger partial charge is 1.00 e. The summed E-state index contributed by atoms with van der Waals surface area (Å²) in [6, 6.07) is 0. The minimum atomic E-state index is 0. The summed E-state index contributed by atoms with van der Waals surface area (Å²) < 4.78 is 0. The predicted molar refractivity (Wildman–Crippen MR) is 51.4 cm³/mol. The third-order valence-corrected chi connectivity index (χ3v) is 1.03. The van der Waals surface area contributed by atoms with E-state index in [9.17, 15) is 0 Å². The molecule has 0 unspecified atom stereocenters. The lowest BCUT2D eigenvalue weighted by atomic mass is 10.4. The van der Waals surface area contributed by atoms with E-state index in [1.165, 1.54) is 0 Å². The first-order chi connectivity index (χ1) is 6.00. The Morgan fingerprint density at radius 1 is 0.643 bits per heavy atom. The van der Waals surface area contributed by atoms with E-state index in [2.05, 4.69) is 22.4 Å². The average molecular weight is 316 g/mol. The maximum absolute atomic E-state index is 3.66. The molecule has 2 aliphatic rings. The maximum Gasteiger partial charge on any atom is 0.156 e. The molecule has 0 atom stereocenters. The molecule has 2 heterocycles. The Bertz CT molecular complexity index is 185. The highest BCUT2D eigenvalue weighted by Crippen LogP contribution is 1.82. The van der Waals surface area contributed by atoms with Crippen molar-refractivity contribution >= 4 is 12.4 Å². The van der Waals surface area contributed by atoms with E-state index in [4.69, 9.17) is 0 Å². The summed E-state index contributed by atoms with van der Waals surface area (Å²) in [6.45, 7) is 0. The van der Waals surface area contributed by atoms with Gasteiger partial charge in [-0.05, 0) is 0 Å². The molecule has 0 aliphatic carbocycles. The van der Waals surface area contributed by atoms with Crippen molar-refractivity contribution in [2.75, 3.05) is 0 Å². The lowest BCUT2D eigenvalue weighted by molar-refractivity contribution is -0.00100. The first kappa shape index (κ1) is 15.5. The molecule has 2 aliphatic heterocycles. The van der Waals surface area contributed by atoms with Gasteiger partial charge in [0.05, 0.1) is 24.3 Å². The minimum Gasteiger partial charge on any atom is -1.00 e. The summed E-state index contributed by atoms with van der Waals surface area (Å²) in [5.41, 5.74) is 0. The summed E-state index contributed by atoms with van der Waals surface area (Å²) in [5, 5.41) is 0. The van der Waals surface area contributed by atoms with Crippen LogP contribution in [0.15, 0.2) is 58.8 Å². The van der Waals surface area contributed by atoms with Crippen LogP contribution in [0.2, 0.25) is 0 Å². The van der Waals surface area contributed by atoms with Gasteiger partial charge in [0.2, 0.25) is 0 Å². The van der Waals surface area contributed by atoms with Crippen molar-refractivity contribution in [1.82, 2.24) is 0 Å². The lowest BCUT2D eigenvalue weighted by Gasteiger charge is -1.63. The molecule has 0 spiro atoms. The van der Waals surface area contributed by atoms with Crippen LogP contribution >= 0.6 is 0 Å². The van der Waals surface area contributed by atoms with Gasteiger partial charge < -0.3 is 34.0 Å². The summed E-state index contributed by atoms with van der Waals surface area (Å²) in [7, 11) is 0. The normalized spacial score (nSPS) is 12.6. The van der Waals surface area contributed by atoms with E-state index in [-0.39, 0.29) is 34.0 Å². The van der Waals surface area contributed by atoms with Crippen molar-refractivity contribution < 1.29 is 34.0 Å². The van der Waals surface area contributed by atoms with Crippen molar-refractivity contribution in [1.29, 1.82) is 0 Å². The van der Waals surface area contributed by atoms with Gasteiger partial charge in [0, 0.05) is 0 Å². The van der Waals surface area contributed by atoms with Crippen LogP contribution in [0.4, 0.5) is 0 Å². The summed E-state index contributed by atoms with van der Waals surface area (Å²) in [6.07, 6.45) is 19.7. The predicted octanol–water partition coefficient (Wildman–Crippen LogP) is -3.96. The lowest BCUT2D eigenvalue weighted by Crippen LogP contribution is -3.00. The number of allylic oxidation sites excluding steroid dienone is 6. The fourth-order valence-electron chi connectivity index (χ4n) is 0.555. The monoisotopic (exact) mass is 314 g/mol. The second-order valence-electron chi connectivity index (χ2n) is 1.92. The van der Waals surface area contributed by atoms with Crippen LogP contribution in [0.3, 0.4) is 0 Å². The van der Waals surface area contributed by atoms with Crippen LogP contribution in [0.1, 0.15) is 0 Å². The van der Waals surface area contributed by atoms with Gasteiger partial charge in [0.1, 0.15) is 24.6 Å². The van der Waals surface area contributed by atoms with Crippen molar-refractivity contribution in [3.05, 3.63) is 48.9 Å². The molecule has 4 heteroatoms. The molecule has 0 bridgehead atoms. The van der Waals surface area contributed by atoms with Gasteiger partial charge in [-0.1, -0.05) is 9.98 Å². The average Bonchev–Trinajstić information content (AvgIpc) is 2.24. The van der Waals surface area contributed by atoms with E-state index >= 15 is 0 Å². The molecule has 0 radical (unpaired) electrons. The Morgan fingerprint density at radius 3 is 1.14 bits per heavy atom. The smallest absolute Gasteiger partial charge is 0.156 e. The Morgan fingerprint density at radius 2 is 1.07 bits per heavy atom. The molecule has 72 valence electrons. The quantitative estimate of drug-likeness (QED) is 0.408. The zero-order valence-electron chi connectivity index (χ0n) is 7.27. The molecular formula is C10H8Br2N2. The second kappa shape index (κ2) is 12.1. The molecule has 2 nitrogen and oxygen atoms in total. The fourth-order valence-corrected chi connectivity index (χ4v) is 0.555. The Hall–Kier alpha value is -0.920. The van der Waals surface area contributed by atoms with Crippen LogP contribution in [-0.4, -0.2) is 12.4 Å². The third kappa shape index (κ3) is 9.17. The van der Waals surface area contributed by atoms with Crippen LogP contribution < -0.4 is 34.0 Å². The highest BCUT2D eigenvalue weighted by Gasteiger charge is 1.80. The van der Waals surface area contributed by atoms with Gasteiger partial charge in [0.15, 0.2) is 12.4 Å². The van der Waals surface area contributed by atoms with Gasteiger partial charge in [-0.3, -0.25) is 0 Å². The second-order valence-corrected chi connectivity index (χ2v) is 1.92.